The van der Waals surface area contributed by atoms with Gasteiger partial charge in [-0.15, -0.1) is 0 Å². The van der Waals surface area contributed by atoms with Crippen LogP contribution < -0.4 is 5.32 Å². The Hall–Kier alpha value is -1.57. The number of rotatable bonds is 6. The lowest BCUT2D eigenvalue weighted by Gasteiger charge is -2.36. The second kappa shape index (κ2) is 8.21. The Bertz CT molecular complexity index is 562. The zero-order chi connectivity index (χ0) is 18.6. The molecule has 0 aromatic carbocycles. The van der Waals surface area contributed by atoms with Gasteiger partial charge in [-0.3, -0.25) is 4.79 Å². The maximum atomic E-state index is 12.5. The number of alkyl halides is 3. The van der Waals surface area contributed by atoms with Crippen molar-refractivity contribution in [2.24, 2.45) is 5.92 Å². The van der Waals surface area contributed by atoms with Gasteiger partial charge in [-0.2, -0.15) is 18.3 Å². The maximum Gasteiger partial charge on any atom is 0.390 e. The molecule has 2 heterocycles. The Morgan fingerprint density at radius 2 is 1.96 bits per heavy atom. The lowest BCUT2D eigenvalue weighted by atomic mass is 10.0. The molecule has 1 aromatic rings. The highest BCUT2D eigenvalue weighted by atomic mass is 19.4. The summed E-state index contributed by atoms with van der Waals surface area (Å²) in [5.74, 6) is 0.884. The second-order valence-corrected chi connectivity index (χ2v) is 7.24. The van der Waals surface area contributed by atoms with Crippen LogP contribution in [0.25, 0.3) is 0 Å². The first-order valence-electron chi connectivity index (χ1n) is 8.80. The van der Waals surface area contributed by atoms with Crippen molar-refractivity contribution in [2.75, 3.05) is 18.4 Å². The van der Waals surface area contributed by atoms with Crippen LogP contribution in [0.3, 0.4) is 0 Å². The normalized spacial score (nSPS) is 18.5. The highest BCUT2D eigenvalue weighted by molar-refractivity contribution is 5.89. The molecule has 8 heteroatoms. The fourth-order valence-electron chi connectivity index (χ4n) is 3.30. The first-order chi connectivity index (χ1) is 11.7. The van der Waals surface area contributed by atoms with Gasteiger partial charge < -0.3 is 10.2 Å². The van der Waals surface area contributed by atoms with Crippen molar-refractivity contribution < 1.29 is 18.0 Å². The number of hydrogen-bond acceptors (Lipinski definition) is 3. The molecule has 2 rings (SSSR count). The highest BCUT2D eigenvalue weighted by Crippen LogP contribution is 2.29. The van der Waals surface area contributed by atoms with Gasteiger partial charge in [0.05, 0.1) is 18.7 Å². The molecule has 0 aliphatic carbocycles. The van der Waals surface area contributed by atoms with Gasteiger partial charge >= 0.3 is 6.18 Å². The van der Waals surface area contributed by atoms with Crippen molar-refractivity contribution >= 4 is 11.7 Å². The van der Waals surface area contributed by atoms with Gasteiger partial charge in [-0.25, -0.2) is 4.68 Å². The van der Waals surface area contributed by atoms with Crippen molar-refractivity contribution in [1.82, 2.24) is 14.7 Å². The van der Waals surface area contributed by atoms with Crippen molar-refractivity contribution in [3.63, 3.8) is 0 Å². The van der Waals surface area contributed by atoms with Crippen LogP contribution in [-0.4, -0.2) is 45.9 Å². The Morgan fingerprint density at radius 1 is 1.32 bits per heavy atom. The molecule has 0 saturated carbocycles. The predicted octanol–water partition coefficient (Wildman–Crippen LogP) is 3.85. The monoisotopic (exact) mass is 360 g/mol. The van der Waals surface area contributed by atoms with Crippen molar-refractivity contribution in [3.05, 3.63) is 12.3 Å². The van der Waals surface area contributed by atoms with Crippen LogP contribution in [0.4, 0.5) is 19.0 Å². The number of nitrogens with one attached hydrogen (secondary N) is 1. The predicted molar refractivity (Wildman–Crippen MR) is 90.3 cm³/mol. The number of anilines is 1. The summed E-state index contributed by atoms with van der Waals surface area (Å²) in [6, 6.07) is 1.35. The average Bonchev–Trinajstić information content (AvgIpc) is 2.92. The van der Waals surface area contributed by atoms with Crippen LogP contribution >= 0.6 is 0 Å². The van der Waals surface area contributed by atoms with E-state index >= 15 is 0 Å². The number of carbonyl (C=O) groups excluding carboxylic acids is 1. The summed E-state index contributed by atoms with van der Waals surface area (Å²) in [5.41, 5.74) is 0. The van der Waals surface area contributed by atoms with Crippen LogP contribution in [0.5, 0.6) is 0 Å². The number of halogens is 3. The summed E-state index contributed by atoms with van der Waals surface area (Å²) >= 11 is 0. The quantitative estimate of drug-likeness (QED) is 0.838. The fourth-order valence-corrected chi connectivity index (χ4v) is 3.30. The fraction of sp³-hybridized carbons (Fsp3) is 0.765. The molecule has 1 unspecified atom stereocenters. The third kappa shape index (κ3) is 6.02. The summed E-state index contributed by atoms with van der Waals surface area (Å²) in [5, 5.41) is 7.19. The molecule has 1 aliphatic rings. The van der Waals surface area contributed by atoms with Gasteiger partial charge in [-0.05, 0) is 25.7 Å². The Balaban J connectivity index is 1.91. The second-order valence-electron chi connectivity index (χ2n) is 7.24. The third-order valence-electron chi connectivity index (χ3n) is 4.53. The Labute approximate surface area is 146 Å². The van der Waals surface area contributed by atoms with Gasteiger partial charge in [0.2, 0.25) is 5.91 Å². The lowest BCUT2D eigenvalue weighted by Crippen LogP contribution is -2.42. The minimum atomic E-state index is -4.13. The molecular weight excluding hydrogens is 333 g/mol. The van der Waals surface area contributed by atoms with Crippen LogP contribution in [0.2, 0.25) is 0 Å². The van der Waals surface area contributed by atoms with E-state index in [1.165, 1.54) is 0 Å². The molecule has 1 N–H and O–H groups in total. The molecule has 1 aromatic heterocycles. The van der Waals surface area contributed by atoms with Crippen LogP contribution in [0.1, 0.15) is 52.5 Å². The zero-order valence-electron chi connectivity index (χ0n) is 15.0. The number of likely N-dealkylation sites (tertiary alicyclic amines) is 1. The van der Waals surface area contributed by atoms with E-state index in [4.69, 9.17) is 0 Å². The van der Waals surface area contributed by atoms with E-state index in [-0.39, 0.29) is 17.9 Å². The standard InChI is InChI=1S/C17H27F3N4O/c1-12(2)10-16(25)22-15-4-7-21-24(15)14-5-8-23(9-6-14)13(3)11-17(18,19)20/h4,7,12-14H,5-6,8-11H2,1-3H3,(H,22,25). The van der Waals surface area contributed by atoms with Crippen molar-refractivity contribution in [2.45, 2.75) is 64.7 Å². The van der Waals surface area contributed by atoms with Crippen LogP contribution in [0, 0.1) is 5.92 Å². The zero-order valence-corrected chi connectivity index (χ0v) is 15.0. The van der Waals surface area contributed by atoms with E-state index in [0.717, 1.165) is 12.8 Å². The minimum Gasteiger partial charge on any atom is -0.311 e. The van der Waals surface area contributed by atoms with Gasteiger partial charge in [0, 0.05) is 31.6 Å². The van der Waals surface area contributed by atoms with E-state index in [9.17, 15) is 18.0 Å². The SMILES string of the molecule is CC(C)CC(=O)Nc1ccnn1C1CCN(C(C)CC(F)(F)F)CC1. The summed E-state index contributed by atoms with van der Waals surface area (Å²) < 4.78 is 39.4. The van der Waals surface area contributed by atoms with E-state index in [2.05, 4.69) is 10.4 Å². The molecule has 0 radical (unpaired) electrons. The Kier molecular flexibility index (Phi) is 6.48. The van der Waals surface area contributed by atoms with E-state index in [0.29, 0.717) is 25.3 Å². The molecule has 1 fully saturated rings. The summed E-state index contributed by atoms with van der Waals surface area (Å²) in [7, 11) is 0. The van der Waals surface area contributed by atoms with Crippen LogP contribution in [0.15, 0.2) is 12.3 Å². The molecule has 25 heavy (non-hydrogen) atoms. The van der Waals surface area contributed by atoms with Crippen molar-refractivity contribution in [3.8, 4) is 0 Å². The average molecular weight is 360 g/mol. The smallest absolute Gasteiger partial charge is 0.311 e. The number of piperidine rings is 1. The number of nitrogens with zero attached hydrogens (tertiary/aromatic N) is 3. The molecular formula is C17H27F3N4O. The molecule has 142 valence electrons. The topological polar surface area (TPSA) is 50.2 Å². The lowest BCUT2D eigenvalue weighted by molar-refractivity contribution is -0.147. The molecule has 1 atom stereocenters. The number of hydrogen-bond donors (Lipinski definition) is 1. The van der Waals surface area contributed by atoms with Gasteiger partial charge in [0.25, 0.3) is 0 Å². The van der Waals surface area contributed by atoms with Gasteiger partial charge in [0.15, 0.2) is 0 Å². The molecule has 5 nitrogen and oxygen atoms in total. The highest BCUT2D eigenvalue weighted by Gasteiger charge is 2.34. The Morgan fingerprint density at radius 3 is 2.52 bits per heavy atom. The first-order valence-corrected chi connectivity index (χ1v) is 8.80. The van der Waals surface area contributed by atoms with E-state index < -0.39 is 18.6 Å². The van der Waals surface area contributed by atoms with Gasteiger partial charge in [-0.1, -0.05) is 13.8 Å². The number of amides is 1. The molecule has 1 aliphatic heterocycles. The molecule has 1 amide bonds. The molecule has 1 saturated heterocycles. The molecule has 0 spiro atoms. The van der Waals surface area contributed by atoms with Crippen molar-refractivity contribution in [1.29, 1.82) is 0 Å². The van der Waals surface area contributed by atoms with Crippen LogP contribution in [-0.2, 0) is 4.79 Å². The third-order valence-corrected chi connectivity index (χ3v) is 4.53. The summed E-state index contributed by atoms with van der Waals surface area (Å²) in [6.45, 7) is 6.78. The largest absolute Gasteiger partial charge is 0.390 e. The first kappa shape index (κ1) is 19.8. The molecule has 0 bridgehead atoms. The van der Waals surface area contributed by atoms with Gasteiger partial charge in [0.1, 0.15) is 5.82 Å². The number of aromatic nitrogens is 2. The minimum absolute atomic E-state index is 0.0482. The number of carbonyl (C=O) groups is 1. The maximum absolute atomic E-state index is 12.5. The van der Waals surface area contributed by atoms with E-state index in [1.54, 1.807) is 23.9 Å². The summed E-state index contributed by atoms with van der Waals surface area (Å²) in [4.78, 5) is 13.8. The summed E-state index contributed by atoms with van der Waals surface area (Å²) in [6.07, 6.45) is -1.39. The van der Waals surface area contributed by atoms with E-state index in [1.807, 2.05) is 18.7 Å².